The number of esters is 1. The highest BCUT2D eigenvalue weighted by Crippen LogP contribution is 2.36. The molecule has 182 valence electrons. The zero-order chi connectivity index (χ0) is 24.5. The maximum Gasteiger partial charge on any atom is 0.306 e. The van der Waals surface area contributed by atoms with Crippen LogP contribution in [-0.2, 0) is 22.6 Å². The molecule has 1 N–H and O–H groups in total. The second kappa shape index (κ2) is 9.50. The van der Waals surface area contributed by atoms with Crippen molar-refractivity contribution in [2.75, 3.05) is 20.2 Å². The third-order valence-corrected chi connectivity index (χ3v) is 6.94. The number of rotatable bonds is 6. The minimum absolute atomic E-state index is 0.0278. The molecular weight excluding hydrogens is 450 g/mol. The molecule has 35 heavy (non-hydrogen) atoms. The van der Waals surface area contributed by atoms with E-state index in [1.807, 2.05) is 10.6 Å². The number of pyridine rings is 2. The zero-order valence-electron chi connectivity index (χ0n) is 19.4. The third-order valence-electron chi connectivity index (χ3n) is 6.94. The van der Waals surface area contributed by atoms with Crippen molar-refractivity contribution in [3.63, 3.8) is 0 Å². The molecule has 2 bridgehead atoms. The number of carbonyl (C=O) groups is 1. The normalized spacial score (nSPS) is 20.1. The fraction of sp³-hybridized carbons (Fsp3) is 0.385. The maximum absolute atomic E-state index is 12.7. The van der Waals surface area contributed by atoms with Crippen molar-refractivity contribution in [1.29, 1.82) is 0 Å². The molecule has 5 heterocycles. The molecule has 0 unspecified atom stereocenters. The Hall–Kier alpha value is -3.72. The second-order valence-corrected chi connectivity index (χ2v) is 9.30. The number of methoxy groups -OCH3 is 1. The third kappa shape index (κ3) is 4.64. The number of fused-ring (bicyclic) bond motifs is 4. The van der Waals surface area contributed by atoms with E-state index < -0.39 is 23.1 Å². The Kier molecular flexibility index (Phi) is 6.25. The van der Waals surface area contributed by atoms with E-state index in [4.69, 9.17) is 9.15 Å². The van der Waals surface area contributed by atoms with Gasteiger partial charge in [0.05, 0.1) is 26.0 Å². The maximum atomic E-state index is 12.7. The fourth-order valence-corrected chi connectivity index (χ4v) is 5.41. The molecule has 3 aromatic heterocycles. The first kappa shape index (κ1) is 23.0. The van der Waals surface area contributed by atoms with Gasteiger partial charge in [-0.25, -0.2) is 0 Å². The number of piperidine rings is 1. The quantitative estimate of drug-likeness (QED) is 0.538. The molecule has 5 rings (SSSR count). The topological polar surface area (TPSA) is 115 Å². The van der Waals surface area contributed by atoms with Crippen molar-refractivity contribution >= 4 is 5.97 Å². The lowest BCUT2D eigenvalue weighted by Gasteiger charge is -2.42. The lowest BCUT2D eigenvalue weighted by molar-refractivity contribution is -0.140. The largest absolute Gasteiger partial charge is 0.502 e. The SMILES string of the molecule is COC(=O)C[C@H](c1cccnc1)c1oc(CN2C[C@@H]3C[C@H](C2)c2cccc(=O)n2C3)cc(=O)c1O. The molecular formula is C26H27N3O6. The van der Waals surface area contributed by atoms with Crippen molar-refractivity contribution in [2.24, 2.45) is 5.92 Å². The van der Waals surface area contributed by atoms with Gasteiger partial charge in [0.2, 0.25) is 11.2 Å². The van der Waals surface area contributed by atoms with Gasteiger partial charge in [0, 0.05) is 55.8 Å². The van der Waals surface area contributed by atoms with Gasteiger partial charge in [0.15, 0.2) is 5.76 Å². The molecule has 0 saturated carbocycles. The van der Waals surface area contributed by atoms with Crippen molar-refractivity contribution in [3.8, 4) is 5.75 Å². The predicted octanol–water partition coefficient (Wildman–Crippen LogP) is 2.22. The van der Waals surface area contributed by atoms with Crippen molar-refractivity contribution in [1.82, 2.24) is 14.5 Å². The van der Waals surface area contributed by atoms with E-state index in [9.17, 15) is 19.5 Å². The van der Waals surface area contributed by atoms with Crippen LogP contribution < -0.4 is 11.0 Å². The molecule has 0 radical (unpaired) electrons. The highest BCUT2D eigenvalue weighted by atomic mass is 16.5. The van der Waals surface area contributed by atoms with Crippen molar-refractivity contribution in [2.45, 2.75) is 37.8 Å². The lowest BCUT2D eigenvalue weighted by Crippen LogP contribution is -2.46. The molecule has 0 aromatic carbocycles. The van der Waals surface area contributed by atoms with Crippen LogP contribution in [0.15, 0.2) is 62.8 Å². The van der Waals surface area contributed by atoms with Gasteiger partial charge in [0.1, 0.15) is 5.76 Å². The Morgan fingerprint density at radius 1 is 1.23 bits per heavy atom. The summed E-state index contributed by atoms with van der Waals surface area (Å²) in [6.45, 7) is 2.55. The molecule has 0 aliphatic carbocycles. The summed E-state index contributed by atoms with van der Waals surface area (Å²) in [7, 11) is 1.29. The highest BCUT2D eigenvalue weighted by molar-refractivity contribution is 5.71. The monoisotopic (exact) mass is 477 g/mol. The van der Waals surface area contributed by atoms with Crippen LogP contribution in [0.1, 0.15) is 47.5 Å². The molecule has 1 saturated heterocycles. The summed E-state index contributed by atoms with van der Waals surface area (Å²) in [4.78, 5) is 43.4. The first-order chi connectivity index (χ1) is 16.9. The van der Waals surface area contributed by atoms with Crippen LogP contribution in [0.25, 0.3) is 0 Å². The van der Waals surface area contributed by atoms with Crippen LogP contribution >= 0.6 is 0 Å². The average Bonchev–Trinajstić information content (AvgIpc) is 2.86. The molecule has 0 spiro atoms. The molecule has 9 heteroatoms. The molecule has 3 aromatic rings. The van der Waals surface area contributed by atoms with E-state index >= 15 is 0 Å². The first-order valence-electron chi connectivity index (χ1n) is 11.7. The Morgan fingerprint density at radius 3 is 2.86 bits per heavy atom. The molecule has 0 amide bonds. The summed E-state index contributed by atoms with van der Waals surface area (Å²) in [6, 6.07) is 10.2. The van der Waals surface area contributed by atoms with Crippen LogP contribution in [0.4, 0.5) is 0 Å². The van der Waals surface area contributed by atoms with E-state index in [0.29, 0.717) is 30.3 Å². The van der Waals surface area contributed by atoms with Crippen LogP contribution in [0.2, 0.25) is 0 Å². The lowest BCUT2D eigenvalue weighted by atomic mass is 9.83. The molecule has 3 atom stereocenters. The number of ether oxygens (including phenoxy) is 1. The van der Waals surface area contributed by atoms with Gasteiger partial charge in [-0.3, -0.25) is 24.3 Å². The van der Waals surface area contributed by atoms with E-state index in [1.165, 1.54) is 13.2 Å². The molecule has 9 nitrogen and oxygen atoms in total. The highest BCUT2D eigenvalue weighted by Gasteiger charge is 2.35. The Bertz CT molecular complexity index is 1350. The number of hydrogen-bond donors (Lipinski definition) is 1. The average molecular weight is 478 g/mol. The minimum atomic E-state index is -0.719. The van der Waals surface area contributed by atoms with Crippen LogP contribution in [0, 0.1) is 5.92 Å². The number of nitrogens with zero attached hydrogens (tertiary/aromatic N) is 3. The smallest absolute Gasteiger partial charge is 0.306 e. The molecule has 1 fully saturated rings. The number of aromatic hydroxyl groups is 1. The van der Waals surface area contributed by atoms with E-state index in [-0.39, 0.29) is 23.7 Å². The number of carbonyl (C=O) groups excluding carboxylic acids is 1. The number of hydrogen-bond acceptors (Lipinski definition) is 8. The predicted molar refractivity (Wildman–Crippen MR) is 126 cm³/mol. The molecule has 2 aliphatic rings. The van der Waals surface area contributed by atoms with E-state index in [0.717, 1.165) is 25.2 Å². The standard InChI is InChI=1S/C26H27N3O6/c1-34-24(32)10-20(17-4-3-7-27-11-17)26-25(33)22(30)9-19(35-26)15-28-12-16-8-18(14-28)21-5-2-6-23(31)29(21)13-16/h2-7,9,11,16,18,20,33H,8,10,12-15H2,1H3/t16-,18+,20+/m0/s1. The number of likely N-dealkylation sites (tertiary alicyclic amines) is 1. The second-order valence-electron chi connectivity index (χ2n) is 9.30. The van der Waals surface area contributed by atoms with Crippen molar-refractivity contribution < 1.29 is 19.1 Å². The van der Waals surface area contributed by atoms with Gasteiger partial charge >= 0.3 is 5.97 Å². The number of aromatic nitrogens is 2. The van der Waals surface area contributed by atoms with Gasteiger partial charge in [-0.2, -0.15) is 0 Å². The summed E-state index contributed by atoms with van der Waals surface area (Å²) < 4.78 is 12.8. The van der Waals surface area contributed by atoms with Crippen molar-refractivity contribution in [3.05, 3.63) is 92.1 Å². The summed E-state index contributed by atoms with van der Waals surface area (Å²) >= 11 is 0. The Morgan fingerprint density at radius 2 is 2.09 bits per heavy atom. The summed E-state index contributed by atoms with van der Waals surface area (Å²) in [5.74, 6) is -0.746. The van der Waals surface area contributed by atoms with Crippen LogP contribution in [-0.4, -0.2) is 45.7 Å². The van der Waals surface area contributed by atoms with Crippen LogP contribution in [0.3, 0.4) is 0 Å². The fourth-order valence-electron chi connectivity index (χ4n) is 5.41. The zero-order valence-corrected chi connectivity index (χ0v) is 19.4. The Labute approximate surface area is 201 Å². The minimum Gasteiger partial charge on any atom is -0.502 e. The van der Waals surface area contributed by atoms with E-state index in [2.05, 4.69) is 9.88 Å². The van der Waals surface area contributed by atoms with Gasteiger partial charge in [0.25, 0.3) is 5.56 Å². The van der Waals surface area contributed by atoms with Gasteiger partial charge < -0.3 is 18.8 Å². The van der Waals surface area contributed by atoms with E-state index in [1.54, 1.807) is 36.7 Å². The van der Waals surface area contributed by atoms with Gasteiger partial charge in [-0.15, -0.1) is 0 Å². The summed E-state index contributed by atoms with van der Waals surface area (Å²) in [5.41, 5.74) is 1.14. The summed E-state index contributed by atoms with van der Waals surface area (Å²) in [5, 5.41) is 10.6. The molecule has 2 aliphatic heterocycles. The first-order valence-corrected chi connectivity index (χ1v) is 11.7. The summed E-state index contributed by atoms with van der Waals surface area (Å²) in [6.07, 6.45) is 4.09. The Balaban J connectivity index is 1.44. The van der Waals surface area contributed by atoms with Crippen LogP contribution in [0.5, 0.6) is 5.75 Å². The van der Waals surface area contributed by atoms with Gasteiger partial charge in [-0.1, -0.05) is 12.1 Å². The van der Waals surface area contributed by atoms with Gasteiger partial charge in [-0.05, 0) is 30.0 Å².